The average molecular weight is 256 g/mol. The van der Waals surface area contributed by atoms with E-state index in [9.17, 15) is 14.4 Å². The minimum Gasteiger partial charge on any atom is -0.478 e. The summed E-state index contributed by atoms with van der Waals surface area (Å²) in [6.07, 6.45) is 1.46. The van der Waals surface area contributed by atoms with Gasteiger partial charge in [0, 0.05) is 31.6 Å². The molecule has 0 rings (SSSR count). The van der Waals surface area contributed by atoms with E-state index in [-0.39, 0.29) is 19.5 Å². The van der Waals surface area contributed by atoms with Crippen molar-refractivity contribution in [3.05, 3.63) is 12.2 Å². The van der Waals surface area contributed by atoms with Crippen molar-refractivity contribution in [2.24, 2.45) is 17.3 Å². The Labute approximate surface area is 92.2 Å². The van der Waals surface area contributed by atoms with Gasteiger partial charge in [0.2, 0.25) is 5.91 Å². The maximum Gasteiger partial charge on any atom is 0.328 e. The van der Waals surface area contributed by atoms with Gasteiger partial charge in [-0.2, -0.15) is 0 Å². The Morgan fingerprint density at radius 1 is 1.14 bits per heavy atom. The van der Waals surface area contributed by atoms with Crippen molar-refractivity contribution < 1.29 is 39.0 Å². The SMILES string of the molecule is NC(=O)/C=C\C(=O)O.NNC(N)=O.[Zn]. The van der Waals surface area contributed by atoms with Crippen molar-refractivity contribution in [2.45, 2.75) is 0 Å². The molecule has 0 spiro atoms. The van der Waals surface area contributed by atoms with E-state index in [1.54, 1.807) is 5.43 Å². The smallest absolute Gasteiger partial charge is 0.328 e. The van der Waals surface area contributed by atoms with Gasteiger partial charge in [-0.3, -0.25) is 10.2 Å². The van der Waals surface area contributed by atoms with Crippen LogP contribution in [0.2, 0.25) is 0 Å². The third kappa shape index (κ3) is 31.3. The molecule has 0 aromatic carbocycles. The molecule has 0 atom stereocenters. The Hall–Kier alpha value is -1.47. The van der Waals surface area contributed by atoms with Crippen LogP contribution in [0.15, 0.2) is 12.2 Å². The maximum absolute atomic E-state index is 9.78. The number of primary amides is 2. The second-order valence-electron chi connectivity index (χ2n) is 1.58. The first kappa shape index (κ1) is 18.3. The van der Waals surface area contributed by atoms with E-state index in [4.69, 9.17) is 5.11 Å². The van der Waals surface area contributed by atoms with Gasteiger partial charge in [0.25, 0.3) is 0 Å². The Morgan fingerprint density at radius 2 is 1.50 bits per heavy atom. The van der Waals surface area contributed by atoms with Crippen LogP contribution in [0.5, 0.6) is 0 Å². The first-order valence-corrected chi connectivity index (χ1v) is 2.86. The molecule has 0 bridgehead atoms. The quantitative estimate of drug-likeness (QED) is 0.122. The summed E-state index contributed by atoms with van der Waals surface area (Å²) in [5.74, 6) is 2.51. The van der Waals surface area contributed by atoms with Gasteiger partial charge in [0.05, 0.1) is 0 Å². The predicted molar refractivity (Wildman–Crippen MR) is 42.9 cm³/mol. The number of aliphatic carboxylic acids is 1. The molecule has 3 amide bonds. The minimum absolute atomic E-state index is 0. The van der Waals surface area contributed by atoms with Crippen molar-refractivity contribution in [3.8, 4) is 0 Å². The first-order chi connectivity index (χ1) is 5.90. The number of hydrazine groups is 1. The fourth-order valence-electron chi connectivity index (χ4n) is 0.153. The molecular weight excluding hydrogens is 245 g/mol. The van der Waals surface area contributed by atoms with Crippen LogP contribution in [0, 0.1) is 0 Å². The molecule has 0 saturated heterocycles. The summed E-state index contributed by atoms with van der Waals surface area (Å²) in [7, 11) is 0. The van der Waals surface area contributed by atoms with Gasteiger partial charge >= 0.3 is 12.0 Å². The van der Waals surface area contributed by atoms with Crippen molar-refractivity contribution in [1.82, 2.24) is 5.43 Å². The molecule has 0 radical (unpaired) electrons. The minimum atomic E-state index is -1.18. The van der Waals surface area contributed by atoms with E-state index in [0.29, 0.717) is 6.08 Å². The molecule has 14 heavy (non-hydrogen) atoms. The number of hydrogen-bond donors (Lipinski definition) is 5. The van der Waals surface area contributed by atoms with Crippen LogP contribution in [0.25, 0.3) is 0 Å². The zero-order chi connectivity index (χ0) is 10.9. The number of carboxylic acids is 1. The number of hydrogen-bond acceptors (Lipinski definition) is 4. The van der Waals surface area contributed by atoms with Crippen LogP contribution < -0.4 is 22.7 Å². The van der Waals surface area contributed by atoms with E-state index < -0.39 is 17.9 Å². The molecule has 0 unspecified atom stereocenters. The third-order valence-corrected chi connectivity index (χ3v) is 0.532. The molecule has 0 aromatic heterocycles. The Balaban J connectivity index is -0.000000177. The first-order valence-electron chi connectivity index (χ1n) is 2.86. The third-order valence-electron chi connectivity index (χ3n) is 0.532. The van der Waals surface area contributed by atoms with Crippen LogP contribution in [0.4, 0.5) is 4.79 Å². The number of carboxylic acid groups (broad SMARTS) is 1. The van der Waals surface area contributed by atoms with Crippen LogP contribution in [-0.4, -0.2) is 23.0 Å². The summed E-state index contributed by atoms with van der Waals surface area (Å²) >= 11 is 0. The second kappa shape index (κ2) is 11.5. The topological polar surface area (TPSA) is 162 Å². The number of nitrogens with two attached hydrogens (primary N) is 3. The molecule has 8 N–H and O–H groups in total. The van der Waals surface area contributed by atoms with Gasteiger partial charge in [-0.25, -0.2) is 15.4 Å². The normalized spacial score (nSPS) is 7.79. The summed E-state index contributed by atoms with van der Waals surface area (Å²) in [5, 5.41) is 7.87. The molecule has 9 heteroatoms. The Bertz CT molecular complexity index is 214. The van der Waals surface area contributed by atoms with Gasteiger partial charge in [0.1, 0.15) is 0 Å². The monoisotopic (exact) mass is 254 g/mol. The number of urea groups is 1. The number of nitrogens with one attached hydrogen (secondary N) is 1. The van der Waals surface area contributed by atoms with Crippen LogP contribution in [0.3, 0.4) is 0 Å². The number of rotatable bonds is 2. The molecule has 0 saturated carbocycles. The van der Waals surface area contributed by atoms with Crippen molar-refractivity contribution in [3.63, 3.8) is 0 Å². The van der Waals surface area contributed by atoms with Crippen molar-refractivity contribution in [1.29, 1.82) is 0 Å². The molecule has 0 aliphatic heterocycles. The average Bonchev–Trinajstić information content (AvgIpc) is 2.02. The molecule has 0 aliphatic rings. The number of carbonyl (C=O) groups is 3. The molecule has 8 nitrogen and oxygen atoms in total. The van der Waals surface area contributed by atoms with E-state index in [0.717, 1.165) is 6.08 Å². The van der Waals surface area contributed by atoms with Crippen LogP contribution >= 0.6 is 0 Å². The fraction of sp³-hybridized carbons (Fsp3) is 0. The Morgan fingerprint density at radius 3 is 1.57 bits per heavy atom. The van der Waals surface area contributed by atoms with Crippen molar-refractivity contribution >= 4 is 17.9 Å². The number of amides is 3. The zero-order valence-corrected chi connectivity index (χ0v) is 10.2. The zero-order valence-electron chi connectivity index (χ0n) is 7.27. The summed E-state index contributed by atoms with van der Waals surface area (Å²) in [6.45, 7) is 0. The van der Waals surface area contributed by atoms with Gasteiger partial charge in [-0.15, -0.1) is 0 Å². The number of carbonyl (C=O) groups excluding carboxylic acids is 2. The molecule has 0 aliphatic carbocycles. The second-order valence-corrected chi connectivity index (χ2v) is 1.58. The molecule has 0 fully saturated rings. The fourth-order valence-corrected chi connectivity index (χ4v) is 0.153. The summed E-state index contributed by atoms with van der Waals surface area (Å²) in [4.78, 5) is 28.7. The van der Waals surface area contributed by atoms with Crippen LogP contribution in [0.1, 0.15) is 0 Å². The summed E-state index contributed by atoms with van der Waals surface area (Å²) in [6, 6.07) is -0.718. The van der Waals surface area contributed by atoms with E-state index in [2.05, 4.69) is 17.3 Å². The van der Waals surface area contributed by atoms with Crippen LogP contribution in [-0.2, 0) is 29.1 Å². The summed E-state index contributed by atoms with van der Waals surface area (Å²) < 4.78 is 0. The molecule has 0 aromatic rings. The molecular formula is C5H10N4O4Zn. The van der Waals surface area contributed by atoms with Crippen molar-refractivity contribution in [2.75, 3.05) is 0 Å². The molecule has 0 heterocycles. The van der Waals surface area contributed by atoms with Gasteiger partial charge in [-0.05, 0) is 0 Å². The predicted octanol–water partition coefficient (Wildman–Crippen LogP) is -2.36. The largest absolute Gasteiger partial charge is 0.478 e. The van der Waals surface area contributed by atoms with E-state index in [1.807, 2.05) is 0 Å². The Kier molecular flexibility index (Phi) is 15.1. The van der Waals surface area contributed by atoms with E-state index in [1.165, 1.54) is 0 Å². The van der Waals surface area contributed by atoms with Gasteiger partial charge < -0.3 is 16.6 Å². The van der Waals surface area contributed by atoms with Gasteiger partial charge in [-0.1, -0.05) is 0 Å². The van der Waals surface area contributed by atoms with E-state index >= 15 is 0 Å². The standard InChI is InChI=1S/C4H5NO3.CH5N3O.Zn/c5-3(6)1-2-4(7)8;2-1(5)4-3;/h1-2H,(H2,5,6)(H,7,8);3H2,(H3,2,4,5);/b2-1-;;. The maximum atomic E-state index is 9.78. The molecule has 76 valence electrons. The summed E-state index contributed by atoms with van der Waals surface area (Å²) in [5.41, 5.74) is 10.6. The van der Waals surface area contributed by atoms with Gasteiger partial charge in [0.15, 0.2) is 0 Å².